The molecule has 114 valence electrons. The van der Waals surface area contributed by atoms with Crippen molar-refractivity contribution in [3.63, 3.8) is 0 Å². The number of hydrogen-bond acceptors (Lipinski definition) is 7. The molecule has 8 heteroatoms. The summed E-state index contributed by atoms with van der Waals surface area (Å²) in [6.45, 7) is 2.09. The second-order valence-corrected chi connectivity index (χ2v) is 6.88. The van der Waals surface area contributed by atoms with Crippen LogP contribution in [0.4, 0.5) is 0 Å². The molecule has 0 saturated heterocycles. The number of thiophene rings is 1. The molecular weight excluding hydrogens is 328 g/mol. The molecule has 1 aromatic carbocycles. The van der Waals surface area contributed by atoms with Crippen LogP contribution in [0.5, 0.6) is 0 Å². The molecule has 0 aliphatic carbocycles. The molecule has 4 rings (SSSR count). The van der Waals surface area contributed by atoms with Gasteiger partial charge in [-0.25, -0.2) is 14.6 Å². The van der Waals surface area contributed by atoms with Crippen LogP contribution in [0, 0.1) is 6.92 Å². The topological polar surface area (TPSA) is 69.4 Å². The van der Waals surface area contributed by atoms with Gasteiger partial charge in [0.15, 0.2) is 0 Å². The average Bonchev–Trinajstić information content (AvgIpc) is 3.15. The van der Waals surface area contributed by atoms with Gasteiger partial charge in [0, 0.05) is 18.0 Å². The normalized spacial score (nSPS) is 11.2. The van der Waals surface area contributed by atoms with Gasteiger partial charge in [0.05, 0.1) is 5.39 Å². The second kappa shape index (κ2) is 5.71. The molecule has 0 unspecified atom stereocenters. The van der Waals surface area contributed by atoms with Crippen LogP contribution in [0.2, 0.25) is 0 Å². The Morgan fingerprint density at radius 3 is 2.91 bits per heavy atom. The summed E-state index contributed by atoms with van der Waals surface area (Å²) in [5.74, 6) is 0. The fraction of sp³-hybridized carbons (Fsp3) is 0.133. The van der Waals surface area contributed by atoms with Crippen molar-refractivity contribution in [2.24, 2.45) is 7.05 Å². The first kappa shape index (κ1) is 14.3. The molecule has 0 N–H and O–H groups in total. The molecule has 3 aromatic heterocycles. The molecule has 0 radical (unpaired) electrons. The molecule has 0 fully saturated rings. The first-order valence-electron chi connectivity index (χ1n) is 6.92. The van der Waals surface area contributed by atoms with Gasteiger partial charge >= 0.3 is 0 Å². The summed E-state index contributed by atoms with van der Waals surface area (Å²) in [7, 11) is 1.82. The third kappa shape index (κ3) is 2.60. The molecule has 0 bridgehead atoms. The molecule has 0 amide bonds. The fourth-order valence-electron chi connectivity index (χ4n) is 2.34. The fourth-order valence-corrected chi connectivity index (χ4v) is 4.15. The maximum absolute atomic E-state index is 4.45. The maximum atomic E-state index is 4.45. The standard InChI is InChI=1S/C15H12N6S2/c1-9-4-3-5-10(6-9)11-7-22-13-12(11)14(17-8-16-13)23-15-18-19-20-21(15)2/h3-8H,1-2H3. The predicted octanol–water partition coefficient (Wildman–Crippen LogP) is 3.34. The first-order chi connectivity index (χ1) is 11.2. The van der Waals surface area contributed by atoms with Crippen molar-refractivity contribution in [2.75, 3.05) is 0 Å². The number of aryl methyl sites for hydroxylation is 2. The van der Waals surface area contributed by atoms with Crippen LogP contribution < -0.4 is 0 Å². The third-order valence-corrected chi connectivity index (χ3v) is 5.35. The molecule has 0 spiro atoms. The van der Waals surface area contributed by atoms with Crippen LogP contribution in [0.3, 0.4) is 0 Å². The minimum Gasteiger partial charge on any atom is -0.229 e. The van der Waals surface area contributed by atoms with Crippen molar-refractivity contribution in [3.05, 3.63) is 41.5 Å². The largest absolute Gasteiger partial charge is 0.229 e. The van der Waals surface area contributed by atoms with E-state index in [0.717, 1.165) is 20.8 Å². The molecule has 6 nitrogen and oxygen atoms in total. The lowest BCUT2D eigenvalue weighted by Crippen LogP contribution is -1.94. The van der Waals surface area contributed by atoms with E-state index in [9.17, 15) is 0 Å². The molecule has 0 saturated carbocycles. The molecular formula is C15H12N6S2. The second-order valence-electron chi connectivity index (χ2n) is 5.06. The average molecular weight is 340 g/mol. The van der Waals surface area contributed by atoms with Gasteiger partial charge in [-0.2, -0.15) is 0 Å². The Kier molecular flexibility index (Phi) is 3.55. The summed E-state index contributed by atoms with van der Waals surface area (Å²) in [5.41, 5.74) is 3.54. The predicted molar refractivity (Wildman–Crippen MR) is 90.5 cm³/mol. The molecule has 0 aliphatic rings. The molecule has 0 atom stereocenters. The zero-order chi connectivity index (χ0) is 15.8. The zero-order valence-electron chi connectivity index (χ0n) is 12.5. The summed E-state index contributed by atoms with van der Waals surface area (Å²) < 4.78 is 1.64. The number of aromatic nitrogens is 6. The lowest BCUT2D eigenvalue weighted by atomic mass is 10.0. The van der Waals surface area contributed by atoms with Gasteiger partial charge in [0.1, 0.15) is 16.2 Å². The number of nitrogens with zero attached hydrogens (tertiary/aromatic N) is 6. The van der Waals surface area contributed by atoms with E-state index in [4.69, 9.17) is 0 Å². The molecule has 4 aromatic rings. The Labute approximate surface area is 140 Å². The van der Waals surface area contributed by atoms with Crippen LogP contribution in [0.25, 0.3) is 21.3 Å². The van der Waals surface area contributed by atoms with E-state index in [1.165, 1.54) is 22.9 Å². The monoisotopic (exact) mass is 340 g/mol. The number of tetrazole rings is 1. The lowest BCUT2D eigenvalue weighted by molar-refractivity contribution is 0.664. The Balaban J connectivity index is 1.89. The summed E-state index contributed by atoms with van der Waals surface area (Å²) in [5, 5.41) is 16.3. The summed E-state index contributed by atoms with van der Waals surface area (Å²) in [4.78, 5) is 9.82. The van der Waals surface area contributed by atoms with Crippen molar-refractivity contribution >= 4 is 33.3 Å². The molecule has 0 aliphatic heterocycles. The zero-order valence-corrected chi connectivity index (χ0v) is 14.1. The highest BCUT2D eigenvalue weighted by molar-refractivity contribution is 7.99. The van der Waals surface area contributed by atoms with Crippen molar-refractivity contribution < 1.29 is 0 Å². The van der Waals surface area contributed by atoms with Gasteiger partial charge in [-0.05, 0) is 34.7 Å². The van der Waals surface area contributed by atoms with E-state index in [1.54, 1.807) is 22.3 Å². The maximum Gasteiger partial charge on any atom is 0.215 e. The van der Waals surface area contributed by atoms with Crippen LogP contribution in [-0.4, -0.2) is 30.2 Å². The smallest absolute Gasteiger partial charge is 0.215 e. The Morgan fingerprint density at radius 2 is 2.13 bits per heavy atom. The van der Waals surface area contributed by atoms with Gasteiger partial charge < -0.3 is 0 Å². The van der Waals surface area contributed by atoms with E-state index in [-0.39, 0.29) is 0 Å². The summed E-state index contributed by atoms with van der Waals surface area (Å²) in [6, 6.07) is 8.44. The Bertz CT molecular complexity index is 990. The van der Waals surface area contributed by atoms with E-state index in [1.807, 2.05) is 7.05 Å². The number of hydrogen-bond donors (Lipinski definition) is 0. The Morgan fingerprint density at radius 1 is 1.22 bits per heavy atom. The van der Waals surface area contributed by atoms with E-state index in [2.05, 4.69) is 62.1 Å². The molecule has 3 heterocycles. The molecule has 23 heavy (non-hydrogen) atoms. The minimum atomic E-state index is 0.700. The van der Waals surface area contributed by atoms with Gasteiger partial charge in [-0.3, -0.25) is 0 Å². The highest BCUT2D eigenvalue weighted by Gasteiger charge is 2.16. The van der Waals surface area contributed by atoms with E-state index < -0.39 is 0 Å². The van der Waals surface area contributed by atoms with Crippen molar-refractivity contribution in [3.8, 4) is 11.1 Å². The number of fused-ring (bicyclic) bond motifs is 1. The van der Waals surface area contributed by atoms with Crippen LogP contribution in [0.15, 0.2) is 46.2 Å². The van der Waals surface area contributed by atoms with Gasteiger partial charge in [-0.15, -0.1) is 16.4 Å². The van der Waals surface area contributed by atoms with E-state index in [0.29, 0.717) is 5.16 Å². The first-order valence-corrected chi connectivity index (χ1v) is 8.61. The van der Waals surface area contributed by atoms with Crippen LogP contribution in [-0.2, 0) is 7.05 Å². The highest BCUT2D eigenvalue weighted by Crippen LogP contribution is 2.39. The van der Waals surface area contributed by atoms with Gasteiger partial charge in [0.2, 0.25) is 5.16 Å². The van der Waals surface area contributed by atoms with Gasteiger partial charge in [-0.1, -0.05) is 29.8 Å². The van der Waals surface area contributed by atoms with Crippen LogP contribution >= 0.6 is 23.1 Å². The quantitative estimate of drug-likeness (QED) is 0.533. The van der Waals surface area contributed by atoms with Crippen molar-refractivity contribution in [1.82, 2.24) is 30.2 Å². The Hall–Kier alpha value is -2.32. The SMILES string of the molecule is Cc1cccc(-c2csc3ncnc(Sc4nnnn4C)c23)c1. The number of benzene rings is 1. The minimum absolute atomic E-state index is 0.700. The summed E-state index contributed by atoms with van der Waals surface area (Å²) in [6.07, 6.45) is 1.59. The van der Waals surface area contributed by atoms with Crippen molar-refractivity contribution in [1.29, 1.82) is 0 Å². The van der Waals surface area contributed by atoms with Crippen LogP contribution in [0.1, 0.15) is 5.56 Å². The number of rotatable bonds is 3. The third-order valence-electron chi connectivity index (χ3n) is 3.43. The lowest BCUT2D eigenvalue weighted by Gasteiger charge is -2.05. The van der Waals surface area contributed by atoms with E-state index >= 15 is 0 Å². The highest BCUT2D eigenvalue weighted by atomic mass is 32.2. The summed E-state index contributed by atoms with van der Waals surface area (Å²) >= 11 is 3.07. The van der Waals surface area contributed by atoms with Gasteiger partial charge in [0.25, 0.3) is 0 Å². The van der Waals surface area contributed by atoms with Crippen molar-refractivity contribution in [2.45, 2.75) is 17.1 Å².